The smallest absolute Gasteiger partial charge is 0.243 e. The third-order valence-electron chi connectivity index (χ3n) is 2.53. The first-order chi connectivity index (χ1) is 7.60. The molecule has 1 saturated heterocycles. The summed E-state index contributed by atoms with van der Waals surface area (Å²) in [6, 6.07) is 6.58. The number of ether oxygens (including phenoxy) is 1. The molecule has 1 aromatic rings. The van der Waals surface area contributed by atoms with E-state index in [1.165, 1.54) is 4.31 Å². The number of halogens is 1. The van der Waals surface area contributed by atoms with E-state index in [1.54, 1.807) is 24.3 Å². The minimum absolute atomic E-state index is 0. The zero-order valence-corrected chi connectivity index (χ0v) is 10.9. The zero-order valence-electron chi connectivity index (χ0n) is 9.30. The molecule has 0 unspecified atom stereocenters. The molecule has 1 aromatic carbocycles. The van der Waals surface area contributed by atoms with Crippen molar-refractivity contribution in [1.82, 2.24) is 4.31 Å². The average Bonchev–Trinajstić information content (AvgIpc) is 2.31. The van der Waals surface area contributed by atoms with Gasteiger partial charge in [-0.25, -0.2) is 8.42 Å². The number of hydrogen-bond acceptors (Lipinski definition) is 3. The number of benzene rings is 1. The van der Waals surface area contributed by atoms with Gasteiger partial charge in [0, 0.05) is 25.2 Å². The van der Waals surface area contributed by atoms with Gasteiger partial charge in [-0.2, -0.15) is 4.31 Å². The molecule has 0 aromatic heterocycles. The van der Waals surface area contributed by atoms with E-state index in [0.29, 0.717) is 31.2 Å². The van der Waals surface area contributed by atoms with E-state index in [1.807, 2.05) is 0 Å². The third-order valence-corrected chi connectivity index (χ3v) is 4.44. The summed E-state index contributed by atoms with van der Waals surface area (Å²) in [5, 5.41) is 0. The van der Waals surface area contributed by atoms with Crippen molar-refractivity contribution in [3.63, 3.8) is 0 Å². The Bertz CT molecular complexity index is 455. The molecule has 7 heteroatoms. The van der Waals surface area contributed by atoms with Crippen LogP contribution in [0.4, 0.5) is 5.69 Å². The van der Waals surface area contributed by atoms with E-state index < -0.39 is 10.0 Å². The first kappa shape index (κ1) is 14.4. The summed E-state index contributed by atoms with van der Waals surface area (Å²) < 4.78 is 30.9. The lowest BCUT2D eigenvalue weighted by Crippen LogP contribution is -3.00. The van der Waals surface area contributed by atoms with E-state index in [4.69, 9.17) is 4.74 Å². The van der Waals surface area contributed by atoms with Gasteiger partial charge in [-0.1, -0.05) is 0 Å². The number of sulfonamides is 1. The van der Waals surface area contributed by atoms with Crippen molar-refractivity contribution in [3.05, 3.63) is 24.3 Å². The van der Waals surface area contributed by atoms with Crippen molar-refractivity contribution in [2.24, 2.45) is 0 Å². The molecule has 2 rings (SSSR count). The van der Waals surface area contributed by atoms with Crippen molar-refractivity contribution >= 4 is 15.7 Å². The fourth-order valence-electron chi connectivity index (χ4n) is 1.60. The Morgan fingerprint density at radius 2 is 1.65 bits per heavy atom. The third kappa shape index (κ3) is 3.17. The fourth-order valence-corrected chi connectivity index (χ4v) is 3.01. The average molecular weight is 279 g/mol. The SMILES string of the molecule is [Cl-].[NH3+]c1ccc(S(=O)(=O)N2CCOCC2)cc1. The van der Waals surface area contributed by atoms with Gasteiger partial charge in [0.15, 0.2) is 0 Å². The highest BCUT2D eigenvalue weighted by Crippen LogP contribution is 2.17. The van der Waals surface area contributed by atoms with Gasteiger partial charge < -0.3 is 22.9 Å². The molecule has 1 aliphatic rings. The quantitative estimate of drug-likeness (QED) is 0.612. The Labute approximate surface area is 107 Å². The van der Waals surface area contributed by atoms with Gasteiger partial charge in [0.1, 0.15) is 5.69 Å². The zero-order chi connectivity index (χ0) is 11.6. The summed E-state index contributed by atoms with van der Waals surface area (Å²) in [6.07, 6.45) is 0. The van der Waals surface area contributed by atoms with Crippen LogP contribution in [0.5, 0.6) is 0 Å². The second kappa shape index (κ2) is 5.79. The molecule has 0 aliphatic carbocycles. The summed E-state index contributed by atoms with van der Waals surface area (Å²) in [6.45, 7) is 1.78. The summed E-state index contributed by atoms with van der Waals surface area (Å²) in [4.78, 5) is 0.321. The molecule has 0 radical (unpaired) electrons. The predicted molar refractivity (Wildman–Crippen MR) is 58.6 cm³/mol. The highest BCUT2D eigenvalue weighted by molar-refractivity contribution is 7.89. The maximum absolute atomic E-state index is 12.1. The molecular weight excluding hydrogens is 264 g/mol. The topological polar surface area (TPSA) is 74.2 Å². The number of nitrogens with zero attached hydrogens (tertiary/aromatic N) is 1. The fraction of sp³-hybridized carbons (Fsp3) is 0.400. The van der Waals surface area contributed by atoms with E-state index in [2.05, 4.69) is 5.73 Å². The van der Waals surface area contributed by atoms with E-state index in [9.17, 15) is 8.42 Å². The van der Waals surface area contributed by atoms with Gasteiger partial charge >= 0.3 is 0 Å². The normalized spacial score (nSPS) is 17.5. The van der Waals surface area contributed by atoms with Crippen molar-refractivity contribution in [2.45, 2.75) is 4.90 Å². The van der Waals surface area contributed by atoms with E-state index in [0.717, 1.165) is 5.69 Å². The van der Waals surface area contributed by atoms with E-state index in [-0.39, 0.29) is 12.4 Å². The van der Waals surface area contributed by atoms with Crippen LogP contribution in [0, 0.1) is 0 Å². The standard InChI is InChI=1S/C10H14N2O3S.ClH/c11-9-1-3-10(4-2-9)16(13,14)12-5-7-15-8-6-12;/h1-4H,5-8,11H2;1H. The summed E-state index contributed by atoms with van der Waals surface area (Å²) in [7, 11) is -3.35. The molecule has 96 valence electrons. The van der Waals surface area contributed by atoms with Crippen molar-refractivity contribution in [3.8, 4) is 0 Å². The summed E-state index contributed by atoms with van der Waals surface area (Å²) in [5.74, 6) is 0. The van der Waals surface area contributed by atoms with Crippen LogP contribution in [0.1, 0.15) is 0 Å². The molecule has 1 fully saturated rings. The lowest BCUT2D eigenvalue weighted by atomic mass is 10.3. The van der Waals surface area contributed by atoms with Crippen molar-refractivity contribution in [2.75, 3.05) is 26.3 Å². The minimum atomic E-state index is -3.35. The van der Waals surface area contributed by atoms with Crippen LogP contribution in [-0.4, -0.2) is 39.0 Å². The molecule has 0 saturated carbocycles. The lowest BCUT2D eigenvalue weighted by Gasteiger charge is -2.25. The van der Waals surface area contributed by atoms with Crippen molar-refractivity contribution in [1.29, 1.82) is 0 Å². The molecule has 0 spiro atoms. The van der Waals surface area contributed by atoms with Gasteiger partial charge in [0.25, 0.3) is 0 Å². The molecule has 1 heterocycles. The highest BCUT2D eigenvalue weighted by atomic mass is 35.5. The molecule has 0 amide bonds. The summed E-state index contributed by atoms with van der Waals surface area (Å²) in [5.41, 5.74) is 4.53. The molecule has 3 N–H and O–H groups in total. The first-order valence-corrected chi connectivity index (χ1v) is 6.54. The second-order valence-electron chi connectivity index (χ2n) is 3.66. The van der Waals surface area contributed by atoms with E-state index >= 15 is 0 Å². The Morgan fingerprint density at radius 1 is 1.12 bits per heavy atom. The minimum Gasteiger partial charge on any atom is -1.00 e. The molecule has 1 aliphatic heterocycles. The van der Waals surface area contributed by atoms with Crippen LogP contribution in [0.3, 0.4) is 0 Å². The molecule has 5 nitrogen and oxygen atoms in total. The van der Waals surface area contributed by atoms with Gasteiger partial charge in [-0.05, 0) is 12.1 Å². The molecule has 0 atom stereocenters. The molecular formula is C10H15ClN2O3S. The summed E-state index contributed by atoms with van der Waals surface area (Å²) >= 11 is 0. The maximum Gasteiger partial charge on any atom is 0.243 e. The lowest BCUT2D eigenvalue weighted by molar-refractivity contribution is -0.254. The predicted octanol–water partition coefficient (Wildman–Crippen LogP) is -3.42. The highest BCUT2D eigenvalue weighted by Gasteiger charge is 2.25. The largest absolute Gasteiger partial charge is 1.00 e. The van der Waals surface area contributed by atoms with Gasteiger partial charge in [0.05, 0.1) is 18.1 Å². The Morgan fingerprint density at radius 3 is 2.18 bits per heavy atom. The van der Waals surface area contributed by atoms with Crippen LogP contribution in [-0.2, 0) is 14.8 Å². The number of hydrogen-bond donors (Lipinski definition) is 1. The van der Waals surface area contributed by atoms with Crippen LogP contribution in [0.25, 0.3) is 0 Å². The van der Waals surface area contributed by atoms with Crippen LogP contribution in [0.2, 0.25) is 0 Å². The molecule has 17 heavy (non-hydrogen) atoms. The van der Waals surface area contributed by atoms with Gasteiger partial charge in [-0.3, -0.25) is 0 Å². The number of rotatable bonds is 2. The Kier molecular flexibility index (Phi) is 4.91. The maximum atomic E-state index is 12.1. The Hall–Kier alpha value is -0.660. The first-order valence-electron chi connectivity index (χ1n) is 5.10. The number of morpholine rings is 1. The molecule has 0 bridgehead atoms. The monoisotopic (exact) mass is 278 g/mol. The second-order valence-corrected chi connectivity index (χ2v) is 5.60. The van der Waals surface area contributed by atoms with Crippen LogP contribution >= 0.6 is 0 Å². The van der Waals surface area contributed by atoms with Gasteiger partial charge in [0.2, 0.25) is 10.0 Å². The van der Waals surface area contributed by atoms with Crippen molar-refractivity contribution < 1.29 is 31.3 Å². The number of quaternary nitrogens is 1. The van der Waals surface area contributed by atoms with Gasteiger partial charge in [-0.15, -0.1) is 0 Å². The van der Waals surface area contributed by atoms with Crippen LogP contribution < -0.4 is 18.1 Å². The Balaban J connectivity index is 0.00000144. The van der Waals surface area contributed by atoms with Crippen LogP contribution in [0.15, 0.2) is 29.2 Å².